The van der Waals surface area contributed by atoms with Gasteiger partial charge in [-0.2, -0.15) is 0 Å². The number of hydrogen-bond acceptors (Lipinski definition) is 8. The molecule has 13 atom stereocenters. The molecule has 5 aliphatic carbocycles. The van der Waals surface area contributed by atoms with Crippen LogP contribution in [0.2, 0.25) is 0 Å². The van der Waals surface area contributed by atoms with Gasteiger partial charge in [-0.05, 0) is 136 Å². The second-order valence-electron chi connectivity index (χ2n) is 17.9. The molecule has 6 fully saturated rings. The lowest BCUT2D eigenvalue weighted by Crippen LogP contribution is -2.62. The zero-order chi connectivity index (χ0) is 33.2. The van der Waals surface area contributed by atoms with Crippen molar-refractivity contribution in [3.63, 3.8) is 0 Å². The van der Waals surface area contributed by atoms with Gasteiger partial charge in [-0.25, -0.2) is 4.84 Å². The first-order valence-corrected chi connectivity index (χ1v) is 17.6. The van der Waals surface area contributed by atoms with E-state index in [4.69, 9.17) is 21.3 Å². The molecular formula is C35H56ClNO8. The molecule has 6 aliphatic rings. The Morgan fingerprint density at radius 1 is 1.00 bits per heavy atom. The summed E-state index contributed by atoms with van der Waals surface area (Å²) in [7, 11) is 0. The molecule has 2 spiro atoms. The first-order valence-electron chi connectivity index (χ1n) is 17.3. The van der Waals surface area contributed by atoms with Gasteiger partial charge in [0, 0.05) is 12.3 Å². The van der Waals surface area contributed by atoms with E-state index in [1.54, 1.807) is 13.8 Å². The average Bonchev–Trinajstić information content (AvgIpc) is 3.27. The summed E-state index contributed by atoms with van der Waals surface area (Å²) in [5.41, 5.74) is -2.51. The van der Waals surface area contributed by atoms with Crippen molar-refractivity contribution in [3.05, 3.63) is 0 Å². The second-order valence-corrected chi connectivity index (χ2v) is 18.1. The molecule has 0 radical (unpaired) electrons. The van der Waals surface area contributed by atoms with Gasteiger partial charge < -0.3 is 29.9 Å². The highest BCUT2D eigenvalue weighted by Crippen LogP contribution is 2.89. The number of ether oxygens (including phenoxy) is 2. The van der Waals surface area contributed by atoms with E-state index in [0.29, 0.717) is 19.3 Å². The van der Waals surface area contributed by atoms with E-state index in [9.17, 15) is 30.0 Å². The minimum Gasteiger partial charge on any atom is -0.481 e. The van der Waals surface area contributed by atoms with Crippen molar-refractivity contribution in [2.24, 2.45) is 44.8 Å². The van der Waals surface area contributed by atoms with Crippen LogP contribution >= 0.6 is 11.8 Å². The van der Waals surface area contributed by atoms with Crippen molar-refractivity contribution in [2.75, 3.05) is 0 Å². The fourth-order valence-corrected chi connectivity index (χ4v) is 13.1. The van der Waals surface area contributed by atoms with Gasteiger partial charge >= 0.3 is 11.9 Å². The molecule has 9 nitrogen and oxygen atoms in total. The molecule has 0 bridgehead atoms. The smallest absolute Gasteiger partial charge is 0.324 e. The molecule has 1 aliphatic heterocycles. The molecule has 10 heteroatoms. The van der Waals surface area contributed by atoms with E-state index in [1.807, 2.05) is 0 Å². The maximum atomic E-state index is 13.6. The number of carboxylic acid groups (broad SMARTS) is 1. The van der Waals surface area contributed by atoms with E-state index >= 15 is 0 Å². The third-order valence-electron chi connectivity index (χ3n) is 15.1. The molecule has 0 aromatic rings. The van der Waals surface area contributed by atoms with Crippen LogP contribution in [0.3, 0.4) is 0 Å². The number of aliphatic hydroxyl groups is 3. The second kappa shape index (κ2) is 10.5. The van der Waals surface area contributed by atoms with Crippen LogP contribution < -0.4 is 4.84 Å². The summed E-state index contributed by atoms with van der Waals surface area (Å²) in [5, 5.41) is 43.2. The Morgan fingerprint density at radius 3 is 2.29 bits per heavy atom. The van der Waals surface area contributed by atoms with E-state index in [-0.39, 0.29) is 63.8 Å². The summed E-state index contributed by atoms with van der Waals surface area (Å²) < 4.78 is 13.2. The van der Waals surface area contributed by atoms with Crippen LogP contribution in [0.25, 0.3) is 0 Å². The van der Waals surface area contributed by atoms with Crippen LogP contribution in [0.5, 0.6) is 0 Å². The Hall–Kier alpha value is -0.970. The van der Waals surface area contributed by atoms with Crippen molar-refractivity contribution >= 4 is 23.7 Å². The number of carbonyl (C=O) groups excluding carboxylic acids is 1. The molecule has 0 aromatic heterocycles. The van der Waals surface area contributed by atoms with Gasteiger partial charge in [0.2, 0.25) is 0 Å². The standard InChI is InChI=1S/C35H56ClNO8/c1-29(2)23(39)10-13-35-18-34(35)15-14-31(5)27(33(7)12-11-24(45-33)30(3,4)43)21(44-28(42)19(37-36)8-9-25(40)41)17-32(31,6)22(34)16-20(38)26(29)35/h19-24,26-27,37-39,43H,8-18H2,1-7H3,(H,40,41)/t19?,20-,21-,22?,23-,24-,26-,27-,31+,32-,33+,34-,35+/m0/s1. The number of carbonyl (C=O) groups is 2. The molecule has 1 saturated heterocycles. The molecule has 1 heterocycles. The number of halogens is 1. The van der Waals surface area contributed by atoms with Crippen molar-refractivity contribution in [3.8, 4) is 0 Å². The van der Waals surface area contributed by atoms with Crippen molar-refractivity contribution in [1.29, 1.82) is 0 Å². The molecule has 5 saturated carbocycles. The molecule has 0 amide bonds. The van der Waals surface area contributed by atoms with Crippen LogP contribution in [-0.4, -0.2) is 74.0 Å². The molecule has 256 valence electrons. The number of rotatable bonds is 8. The Kier molecular flexibility index (Phi) is 7.92. The number of nitrogens with one attached hydrogen (secondary N) is 1. The highest BCUT2D eigenvalue weighted by Gasteiger charge is 2.85. The van der Waals surface area contributed by atoms with E-state index in [2.05, 4.69) is 39.5 Å². The lowest BCUT2D eigenvalue weighted by atomic mass is 9.41. The van der Waals surface area contributed by atoms with Crippen molar-refractivity contribution in [1.82, 2.24) is 4.84 Å². The van der Waals surface area contributed by atoms with Gasteiger partial charge in [0.1, 0.15) is 12.1 Å². The number of aliphatic hydroxyl groups excluding tert-OH is 2. The Labute approximate surface area is 273 Å². The number of carboxylic acids is 1. The van der Waals surface area contributed by atoms with Crippen LogP contribution in [-0.2, 0) is 19.1 Å². The predicted octanol–water partition coefficient (Wildman–Crippen LogP) is 4.96. The van der Waals surface area contributed by atoms with Crippen LogP contribution in [0.1, 0.15) is 119 Å². The summed E-state index contributed by atoms with van der Waals surface area (Å²) in [4.78, 5) is 27.4. The van der Waals surface area contributed by atoms with Gasteiger partial charge in [0.25, 0.3) is 0 Å². The largest absolute Gasteiger partial charge is 0.481 e. The normalized spacial score (nSPS) is 50.5. The molecule has 0 aromatic carbocycles. The molecule has 45 heavy (non-hydrogen) atoms. The number of fused-ring (bicyclic) bond motifs is 2. The highest BCUT2D eigenvalue weighted by atomic mass is 35.5. The van der Waals surface area contributed by atoms with E-state index in [0.717, 1.165) is 38.5 Å². The van der Waals surface area contributed by atoms with Gasteiger partial charge in [-0.15, -0.1) is 0 Å². The first-order chi connectivity index (χ1) is 20.7. The van der Waals surface area contributed by atoms with Crippen LogP contribution in [0, 0.1) is 44.8 Å². The zero-order valence-corrected chi connectivity index (χ0v) is 29.0. The molecular weight excluding hydrogens is 598 g/mol. The minimum atomic E-state index is -1.02. The summed E-state index contributed by atoms with van der Waals surface area (Å²) in [6.45, 7) is 14.6. The Balaban J connectivity index is 1.38. The third-order valence-corrected chi connectivity index (χ3v) is 15.3. The number of aliphatic carboxylic acids is 1. The monoisotopic (exact) mass is 653 g/mol. The quantitative estimate of drug-likeness (QED) is 0.181. The predicted molar refractivity (Wildman–Crippen MR) is 168 cm³/mol. The number of esters is 1. The van der Waals surface area contributed by atoms with Crippen molar-refractivity contribution < 1.29 is 39.5 Å². The summed E-state index contributed by atoms with van der Waals surface area (Å²) in [6.07, 6.45) is 5.45. The van der Waals surface area contributed by atoms with Crippen LogP contribution in [0.15, 0.2) is 0 Å². The average molecular weight is 654 g/mol. The topological polar surface area (TPSA) is 146 Å². The molecule has 5 N–H and O–H groups in total. The van der Waals surface area contributed by atoms with Crippen LogP contribution in [0.4, 0.5) is 0 Å². The maximum Gasteiger partial charge on any atom is 0.324 e. The van der Waals surface area contributed by atoms with Crippen molar-refractivity contribution in [2.45, 2.75) is 161 Å². The SMILES string of the molecule is CC(C)(O)[C@@H]1CC[C@](C)([C@H]2[C@@H](OC(=O)C(CCC(=O)O)NCl)C[C@@]3(C)C4C[C@H](O)[C@H]5C(C)(C)[C@@H](O)CC[C@@]56C[C@@]46CC[C@]23C)O1. The summed E-state index contributed by atoms with van der Waals surface area (Å²) in [5.74, 6) is -1.47. The maximum absolute atomic E-state index is 13.6. The minimum absolute atomic E-state index is 0.0108. The Bertz CT molecular complexity index is 1220. The zero-order valence-electron chi connectivity index (χ0n) is 28.2. The van der Waals surface area contributed by atoms with Gasteiger partial charge in [0.15, 0.2) is 0 Å². The summed E-state index contributed by atoms with van der Waals surface area (Å²) >= 11 is 5.95. The highest BCUT2D eigenvalue weighted by molar-refractivity contribution is 6.14. The number of hydrogen-bond donors (Lipinski definition) is 5. The lowest BCUT2D eigenvalue weighted by molar-refractivity contribution is -0.214. The molecule has 6 rings (SSSR count). The third kappa shape index (κ3) is 4.63. The van der Waals surface area contributed by atoms with Gasteiger partial charge in [-0.3, -0.25) is 9.59 Å². The Morgan fingerprint density at radius 2 is 1.69 bits per heavy atom. The van der Waals surface area contributed by atoms with Gasteiger partial charge in [-0.1, -0.05) is 27.7 Å². The lowest BCUT2D eigenvalue weighted by Gasteiger charge is -2.64. The summed E-state index contributed by atoms with van der Waals surface area (Å²) in [6, 6.07) is -0.959. The first kappa shape index (κ1) is 33.9. The van der Waals surface area contributed by atoms with E-state index < -0.39 is 47.5 Å². The fraction of sp³-hybridized carbons (Fsp3) is 0.943. The fourth-order valence-electron chi connectivity index (χ4n) is 12.9. The molecule has 2 unspecified atom stereocenters. The van der Waals surface area contributed by atoms with Gasteiger partial charge in [0.05, 0.1) is 29.5 Å². The van der Waals surface area contributed by atoms with E-state index in [1.165, 1.54) is 0 Å².